The van der Waals surface area contributed by atoms with Gasteiger partial charge in [0.15, 0.2) is 5.69 Å². The smallest absolute Gasteiger partial charge is 0.361 e. The Hall–Kier alpha value is -2.23. The number of aryl methyl sites for hydroxylation is 1. The predicted molar refractivity (Wildman–Crippen MR) is 79.3 cm³/mol. The molecule has 3 heterocycles. The summed E-state index contributed by atoms with van der Waals surface area (Å²) < 4.78 is 39.6. The highest BCUT2D eigenvalue weighted by atomic mass is 32.1. The standard InChI is InChI=1S/C13H13F3N6S/c1-3-8(11-21-9(5-23-11)13(14,15)16)20-10-4-7(2)19-12-17-6-18-22(10)12/h4-6,8,20H,3H2,1-2H3. The van der Waals surface area contributed by atoms with Gasteiger partial charge in [-0.2, -0.15) is 27.8 Å². The van der Waals surface area contributed by atoms with Gasteiger partial charge in [-0.1, -0.05) is 6.92 Å². The van der Waals surface area contributed by atoms with E-state index in [0.29, 0.717) is 23.0 Å². The molecule has 0 bridgehead atoms. The minimum atomic E-state index is -4.43. The minimum Gasteiger partial charge on any atom is -0.361 e. The van der Waals surface area contributed by atoms with E-state index in [1.165, 1.54) is 10.8 Å². The number of halogens is 3. The lowest BCUT2D eigenvalue weighted by Crippen LogP contribution is -2.14. The quantitative estimate of drug-likeness (QED) is 0.786. The molecular formula is C13H13F3N6S. The number of aromatic nitrogens is 5. The molecule has 0 aliphatic rings. The van der Waals surface area contributed by atoms with E-state index in [4.69, 9.17) is 0 Å². The fourth-order valence-electron chi connectivity index (χ4n) is 2.13. The number of hydrogen-bond acceptors (Lipinski definition) is 6. The summed E-state index contributed by atoms with van der Waals surface area (Å²) in [4.78, 5) is 12.0. The Morgan fingerprint density at radius 2 is 2.13 bits per heavy atom. The molecule has 122 valence electrons. The lowest BCUT2D eigenvalue weighted by Gasteiger charge is -2.16. The van der Waals surface area contributed by atoms with Crippen molar-refractivity contribution in [2.24, 2.45) is 0 Å². The molecule has 0 amide bonds. The molecule has 0 fully saturated rings. The highest BCUT2D eigenvalue weighted by Crippen LogP contribution is 2.33. The third-order valence-corrected chi connectivity index (χ3v) is 4.18. The first-order valence-corrected chi connectivity index (χ1v) is 7.73. The highest BCUT2D eigenvalue weighted by Gasteiger charge is 2.34. The number of anilines is 1. The Kier molecular flexibility index (Phi) is 3.92. The molecule has 0 radical (unpaired) electrons. The van der Waals surface area contributed by atoms with E-state index in [2.05, 4.69) is 25.4 Å². The lowest BCUT2D eigenvalue weighted by molar-refractivity contribution is -0.140. The van der Waals surface area contributed by atoms with Crippen LogP contribution in [-0.2, 0) is 6.18 Å². The summed E-state index contributed by atoms with van der Waals surface area (Å²) >= 11 is 0.985. The molecule has 0 saturated heterocycles. The van der Waals surface area contributed by atoms with Crippen LogP contribution in [0.2, 0.25) is 0 Å². The Bertz CT molecular complexity index is 825. The normalized spacial score (nSPS) is 13.4. The molecule has 0 aliphatic carbocycles. The van der Waals surface area contributed by atoms with Crippen LogP contribution in [0.1, 0.15) is 35.8 Å². The molecule has 3 rings (SSSR count). The van der Waals surface area contributed by atoms with E-state index in [0.717, 1.165) is 22.4 Å². The lowest BCUT2D eigenvalue weighted by atomic mass is 10.2. The average molecular weight is 342 g/mol. The van der Waals surface area contributed by atoms with Crippen LogP contribution in [-0.4, -0.2) is 24.6 Å². The average Bonchev–Trinajstić information content (AvgIpc) is 3.12. The number of alkyl halides is 3. The maximum atomic E-state index is 12.7. The van der Waals surface area contributed by atoms with Crippen molar-refractivity contribution in [3.05, 3.63) is 34.2 Å². The van der Waals surface area contributed by atoms with Gasteiger partial charge in [-0.15, -0.1) is 11.3 Å². The topological polar surface area (TPSA) is 68.0 Å². The zero-order valence-corrected chi connectivity index (χ0v) is 13.1. The van der Waals surface area contributed by atoms with Gasteiger partial charge >= 0.3 is 6.18 Å². The zero-order chi connectivity index (χ0) is 16.6. The van der Waals surface area contributed by atoms with Crippen LogP contribution in [0.25, 0.3) is 5.78 Å². The summed E-state index contributed by atoms with van der Waals surface area (Å²) in [6, 6.07) is 1.41. The van der Waals surface area contributed by atoms with Gasteiger partial charge in [-0.05, 0) is 13.3 Å². The first kappa shape index (κ1) is 15.7. The maximum Gasteiger partial charge on any atom is 0.434 e. The molecule has 6 nitrogen and oxygen atoms in total. The fraction of sp³-hybridized carbons (Fsp3) is 0.385. The first-order chi connectivity index (χ1) is 10.9. The Labute approximate surface area is 133 Å². The molecule has 3 aromatic heterocycles. The van der Waals surface area contributed by atoms with E-state index < -0.39 is 11.9 Å². The van der Waals surface area contributed by atoms with Gasteiger partial charge in [-0.25, -0.2) is 9.97 Å². The zero-order valence-electron chi connectivity index (χ0n) is 12.3. The van der Waals surface area contributed by atoms with Gasteiger partial charge in [0.1, 0.15) is 17.2 Å². The van der Waals surface area contributed by atoms with E-state index in [1.807, 2.05) is 13.8 Å². The number of fused-ring (bicyclic) bond motifs is 1. The molecule has 0 aromatic carbocycles. The molecule has 1 atom stereocenters. The largest absolute Gasteiger partial charge is 0.434 e. The first-order valence-electron chi connectivity index (χ1n) is 6.85. The second-order valence-electron chi connectivity index (χ2n) is 4.93. The monoisotopic (exact) mass is 342 g/mol. The second-order valence-corrected chi connectivity index (χ2v) is 5.82. The van der Waals surface area contributed by atoms with Crippen molar-refractivity contribution in [3.8, 4) is 0 Å². The van der Waals surface area contributed by atoms with Crippen molar-refractivity contribution in [2.75, 3.05) is 5.32 Å². The van der Waals surface area contributed by atoms with Crippen LogP contribution in [0.3, 0.4) is 0 Å². The number of nitrogens with zero attached hydrogens (tertiary/aromatic N) is 5. The van der Waals surface area contributed by atoms with Crippen molar-refractivity contribution < 1.29 is 13.2 Å². The van der Waals surface area contributed by atoms with Gasteiger partial charge in [-0.3, -0.25) is 0 Å². The summed E-state index contributed by atoms with van der Waals surface area (Å²) in [7, 11) is 0. The van der Waals surface area contributed by atoms with Crippen molar-refractivity contribution in [3.63, 3.8) is 0 Å². The van der Waals surface area contributed by atoms with E-state index in [9.17, 15) is 13.2 Å². The molecule has 23 heavy (non-hydrogen) atoms. The van der Waals surface area contributed by atoms with Gasteiger partial charge in [0.2, 0.25) is 0 Å². The van der Waals surface area contributed by atoms with Gasteiger partial charge < -0.3 is 5.32 Å². The van der Waals surface area contributed by atoms with Gasteiger partial charge in [0.05, 0.1) is 6.04 Å². The van der Waals surface area contributed by atoms with Crippen LogP contribution in [0, 0.1) is 6.92 Å². The van der Waals surface area contributed by atoms with Crippen molar-refractivity contribution >= 4 is 22.9 Å². The molecular weight excluding hydrogens is 329 g/mol. The Morgan fingerprint density at radius 1 is 1.35 bits per heavy atom. The number of thiazole rings is 1. The van der Waals surface area contributed by atoms with Crippen molar-refractivity contribution in [1.29, 1.82) is 0 Å². The van der Waals surface area contributed by atoms with Crippen LogP contribution in [0.4, 0.5) is 19.0 Å². The van der Waals surface area contributed by atoms with Crippen LogP contribution in [0.5, 0.6) is 0 Å². The molecule has 3 aromatic rings. The number of hydrogen-bond donors (Lipinski definition) is 1. The molecule has 0 saturated carbocycles. The van der Waals surface area contributed by atoms with Crippen LogP contribution in [0.15, 0.2) is 17.8 Å². The summed E-state index contributed by atoms with van der Waals surface area (Å²) in [5.74, 6) is 1.04. The Morgan fingerprint density at radius 3 is 2.78 bits per heavy atom. The third-order valence-electron chi connectivity index (χ3n) is 3.22. The third kappa shape index (κ3) is 3.11. The van der Waals surface area contributed by atoms with Crippen molar-refractivity contribution in [1.82, 2.24) is 24.6 Å². The summed E-state index contributed by atoms with van der Waals surface area (Å²) in [6.45, 7) is 3.69. The van der Waals surface area contributed by atoms with Gasteiger partial charge in [0, 0.05) is 17.1 Å². The molecule has 1 unspecified atom stereocenters. The molecule has 0 spiro atoms. The fourth-order valence-corrected chi connectivity index (χ4v) is 3.09. The SMILES string of the molecule is CCC(Nc1cc(C)nc2ncnn12)c1nc(C(F)(F)F)cs1. The van der Waals surface area contributed by atoms with Crippen LogP contribution >= 0.6 is 11.3 Å². The highest BCUT2D eigenvalue weighted by molar-refractivity contribution is 7.09. The van der Waals surface area contributed by atoms with Gasteiger partial charge in [0.25, 0.3) is 5.78 Å². The van der Waals surface area contributed by atoms with E-state index >= 15 is 0 Å². The van der Waals surface area contributed by atoms with E-state index in [-0.39, 0.29) is 6.04 Å². The summed E-state index contributed by atoms with van der Waals surface area (Å²) in [6.07, 6.45) is -2.49. The Balaban J connectivity index is 1.92. The molecule has 0 aliphatic heterocycles. The molecule has 1 N–H and O–H groups in total. The van der Waals surface area contributed by atoms with Crippen molar-refractivity contribution in [2.45, 2.75) is 32.5 Å². The second kappa shape index (κ2) is 5.76. The number of nitrogens with one attached hydrogen (secondary N) is 1. The predicted octanol–water partition coefficient (Wildman–Crippen LogP) is 3.47. The van der Waals surface area contributed by atoms with E-state index in [1.54, 1.807) is 6.07 Å². The minimum absolute atomic E-state index is 0.356. The molecule has 10 heteroatoms. The maximum absolute atomic E-state index is 12.7. The number of rotatable bonds is 4. The summed E-state index contributed by atoms with van der Waals surface area (Å²) in [5, 5.41) is 8.66. The summed E-state index contributed by atoms with van der Waals surface area (Å²) in [5.41, 5.74) is -0.132. The van der Waals surface area contributed by atoms with Crippen LogP contribution < -0.4 is 5.32 Å².